The third-order valence-corrected chi connectivity index (χ3v) is 6.57. The fraction of sp³-hybridized carbons (Fsp3) is 0.478. The van der Waals surface area contributed by atoms with Gasteiger partial charge in [-0.1, -0.05) is 0 Å². The van der Waals surface area contributed by atoms with E-state index in [1.807, 2.05) is 23.3 Å². The molecular weight excluding hydrogens is 448 g/mol. The second-order valence-electron chi connectivity index (χ2n) is 9.11. The normalized spacial score (nSPS) is 20.0. The van der Waals surface area contributed by atoms with E-state index in [9.17, 15) is 4.79 Å². The summed E-state index contributed by atoms with van der Waals surface area (Å²) in [5, 5.41) is 11.7. The second-order valence-corrected chi connectivity index (χ2v) is 9.11. The van der Waals surface area contributed by atoms with E-state index in [1.165, 1.54) is 6.33 Å². The first-order chi connectivity index (χ1) is 17.0. The van der Waals surface area contributed by atoms with Crippen molar-refractivity contribution in [3.63, 3.8) is 0 Å². The second kappa shape index (κ2) is 8.36. The number of aromatic nitrogens is 8. The van der Waals surface area contributed by atoms with Gasteiger partial charge >= 0.3 is 0 Å². The molecule has 1 saturated carbocycles. The third-order valence-electron chi connectivity index (χ3n) is 6.57. The Labute approximate surface area is 201 Å². The van der Waals surface area contributed by atoms with Crippen molar-refractivity contribution < 1.29 is 9.21 Å². The van der Waals surface area contributed by atoms with Crippen molar-refractivity contribution in [2.45, 2.75) is 58.7 Å². The summed E-state index contributed by atoms with van der Waals surface area (Å²) in [7, 11) is 0. The summed E-state index contributed by atoms with van der Waals surface area (Å²) < 4.78 is 7.74. The number of carbonyl (C=O) groups is 1. The number of hydrogen-bond donors (Lipinski definition) is 1. The lowest BCUT2D eigenvalue weighted by Crippen LogP contribution is -2.34. The van der Waals surface area contributed by atoms with Gasteiger partial charge in [0.1, 0.15) is 24.0 Å². The molecule has 1 N–H and O–H groups in total. The van der Waals surface area contributed by atoms with Crippen LogP contribution in [0.4, 0.5) is 5.82 Å². The Kier molecular flexibility index (Phi) is 5.15. The topological polar surface area (TPSA) is 141 Å². The number of fused-ring (bicyclic) bond motifs is 1. The average Bonchev–Trinajstić information content (AvgIpc) is 3.30. The lowest BCUT2D eigenvalue weighted by atomic mass is 10.1. The van der Waals surface area contributed by atoms with Crippen molar-refractivity contribution in [3.8, 4) is 11.4 Å². The summed E-state index contributed by atoms with van der Waals surface area (Å²) in [6, 6.07) is -0.307. The summed E-state index contributed by atoms with van der Waals surface area (Å²) in [6.45, 7) is 6.86. The molecule has 0 unspecified atom stereocenters. The molecular formula is C23H26N10O2. The van der Waals surface area contributed by atoms with Gasteiger partial charge in [-0.2, -0.15) is 0 Å². The van der Waals surface area contributed by atoms with Crippen LogP contribution in [0.2, 0.25) is 0 Å². The number of nitrogens with zero attached hydrogens (tertiary/aromatic N) is 9. The molecule has 4 aromatic rings. The zero-order valence-electron chi connectivity index (χ0n) is 19.8. The number of imidazole rings is 1. The largest absolute Gasteiger partial charge is 0.423 e. The highest BCUT2D eigenvalue weighted by molar-refractivity contribution is 5.86. The Balaban J connectivity index is 1.32. The van der Waals surface area contributed by atoms with Gasteiger partial charge in [0.15, 0.2) is 17.0 Å². The van der Waals surface area contributed by atoms with Crippen LogP contribution in [-0.4, -0.2) is 63.1 Å². The maximum absolute atomic E-state index is 13.0. The number of amides is 1. The maximum Gasteiger partial charge on any atom is 0.239 e. The Morgan fingerprint density at radius 3 is 2.63 bits per heavy atom. The molecule has 1 aliphatic carbocycles. The van der Waals surface area contributed by atoms with Gasteiger partial charge in [-0.3, -0.25) is 4.79 Å². The van der Waals surface area contributed by atoms with Gasteiger partial charge in [0.25, 0.3) is 0 Å². The van der Waals surface area contributed by atoms with E-state index in [0.717, 1.165) is 29.9 Å². The number of rotatable bonds is 6. The lowest BCUT2D eigenvalue weighted by molar-refractivity contribution is -0.133. The zero-order chi connectivity index (χ0) is 24.1. The van der Waals surface area contributed by atoms with Crippen LogP contribution in [0.1, 0.15) is 49.8 Å². The average molecular weight is 475 g/mol. The van der Waals surface area contributed by atoms with Gasteiger partial charge in [-0.25, -0.2) is 24.9 Å². The molecule has 12 nitrogen and oxygen atoms in total. The van der Waals surface area contributed by atoms with Gasteiger partial charge in [-0.05, 0) is 33.1 Å². The van der Waals surface area contributed by atoms with E-state index in [2.05, 4.69) is 35.5 Å². The number of anilines is 1. The molecule has 12 heteroatoms. The van der Waals surface area contributed by atoms with Crippen LogP contribution in [0, 0.1) is 19.8 Å². The SMILES string of the molecule is CCn1c(-c2cnc(C)nc2)nc2c(N[C@H]3C[C@H](c4nnc(C)o4)N(C(=O)C4CC4)C3)ncnc21. The Bertz CT molecular complexity index is 1390. The summed E-state index contributed by atoms with van der Waals surface area (Å²) in [5.74, 6) is 3.29. The number of hydrogen-bond acceptors (Lipinski definition) is 10. The minimum absolute atomic E-state index is 0.0501. The molecule has 1 aliphatic heterocycles. The third kappa shape index (κ3) is 3.88. The van der Waals surface area contributed by atoms with E-state index in [1.54, 1.807) is 19.3 Å². The van der Waals surface area contributed by atoms with Crippen molar-refractivity contribution in [1.82, 2.24) is 44.6 Å². The molecule has 4 aromatic heterocycles. The standard InChI is InChI=1S/C23H26N10O2/c1-4-32-20(15-8-24-12(2)25-9-15)29-18-19(26-11-27-21(18)32)28-16-7-17(22-31-30-13(3)35-22)33(10-16)23(34)14-5-6-14/h8-9,11,14,16-17H,4-7,10H2,1-3H3,(H,26,27,28)/t16-,17+/m0/s1. The minimum atomic E-state index is -0.257. The number of carbonyl (C=O) groups excluding carboxylic acids is 1. The van der Waals surface area contributed by atoms with Crippen LogP contribution in [0.3, 0.4) is 0 Å². The Morgan fingerprint density at radius 2 is 1.94 bits per heavy atom. The van der Waals surface area contributed by atoms with Gasteiger partial charge in [0.05, 0.1) is 5.56 Å². The highest BCUT2D eigenvalue weighted by Gasteiger charge is 2.44. The monoisotopic (exact) mass is 474 g/mol. The number of nitrogens with one attached hydrogen (secondary N) is 1. The van der Waals surface area contributed by atoms with Crippen LogP contribution >= 0.6 is 0 Å². The molecule has 2 atom stereocenters. The predicted octanol–water partition coefficient (Wildman–Crippen LogP) is 2.47. The molecule has 2 fully saturated rings. The fourth-order valence-corrected chi connectivity index (χ4v) is 4.69. The van der Waals surface area contributed by atoms with Crippen LogP contribution < -0.4 is 5.32 Å². The van der Waals surface area contributed by atoms with Crippen molar-refractivity contribution >= 4 is 22.9 Å². The molecule has 0 spiro atoms. The molecule has 0 aromatic carbocycles. The van der Waals surface area contributed by atoms with Crippen LogP contribution in [-0.2, 0) is 11.3 Å². The van der Waals surface area contributed by atoms with Gasteiger partial charge in [0.2, 0.25) is 17.7 Å². The summed E-state index contributed by atoms with van der Waals surface area (Å²) in [4.78, 5) is 37.4. The van der Waals surface area contributed by atoms with Gasteiger partial charge in [-0.15, -0.1) is 10.2 Å². The molecule has 180 valence electrons. The highest BCUT2D eigenvalue weighted by Crippen LogP contribution is 2.39. The highest BCUT2D eigenvalue weighted by atomic mass is 16.4. The fourth-order valence-electron chi connectivity index (χ4n) is 4.69. The summed E-state index contributed by atoms with van der Waals surface area (Å²) >= 11 is 0. The van der Waals surface area contributed by atoms with Crippen molar-refractivity contribution in [2.24, 2.45) is 5.92 Å². The molecule has 1 saturated heterocycles. The van der Waals surface area contributed by atoms with Crippen LogP contribution in [0.5, 0.6) is 0 Å². The first kappa shape index (κ1) is 21.6. The summed E-state index contributed by atoms with van der Waals surface area (Å²) in [5.41, 5.74) is 2.21. The lowest BCUT2D eigenvalue weighted by Gasteiger charge is -2.21. The van der Waals surface area contributed by atoms with Crippen molar-refractivity contribution in [3.05, 3.63) is 36.3 Å². The zero-order valence-corrected chi connectivity index (χ0v) is 19.8. The van der Waals surface area contributed by atoms with Gasteiger partial charge < -0.3 is 19.2 Å². The van der Waals surface area contributed by atoms with Crippen molar-refractivity contribution in [2.75, 3.05) is 11.9 Å². The van der Waals surface area contributed by atoms with Crippen LogP contribution in [0.15, 0.2) is 23.1 Å². The van der Waals surface area contributed by atoms with E-state index in [-0.39, 0.29) is 23.9 Å². The first-order valence-electron chi connectivity index (χ1n) is 11.9. The molecule has 2 aliphatic rings. The van der Waals surface area contributed by atoms with Crippen LogP contribution in [0.25, 0.3) is 22.6 Å². The Hall–Kier alpha value is -3.96. The smallest absolute Gasteiger partial charge is 0.239 e. The first-order valence-corrected chi connectivity index (χ1v) is 11.9. The predicted molar refractivity (Wildman–Crippen MR) is 125 cm³/mol. The molecule has 35 heavy (non-hydrogen) atoms. The van der Waals surface area contributed by atoms with E-state index >= 15 is 0 Å². The number of aryl methyl sites for hydroxylation is 3. The van der Waals surface area contributed by atoms with Gasteiger partial charge in [0, 0.05) is 44.4 Å². The molecule has 5 heterocycles. The summed E-state index contributed by atoms with van der Waals surface area (Å²) in [6.07, 6.45) is 7.59. The number of likely N-dealkylation sites (tertiary alicyclic amines) is 1. The molecule has 1 amide bonds. The van der Waals surface area contributed by atoms with Crippen molar-refractivity contribution in [1.29, 1.82) is 0 Å². The van der Waals surface area contributed by atoms with E-state index < -0.39 is 0 Å². The maximum atomic E-state index is 13.0. The molecule has 6 rings (SSSR count). The molecule has 0 radical (unpaired) electrons. The Morgan fingerprint density at radius 1 is 1.14 bits per heavy atom. The van der Waals surface area contributed by atoms with E-state index in [4.69, 9.17) is 9.40 Å². The quantitative estimate of drug-likeness (QED) is 0.443. The minimum Gasteiger partial charge on any atom is -0.423 e. The molecule has 0 bridgehead atoms. The van der Waals surface area contributed by atoms with E-state index in [0.29, 0.717) is 48.5 Å².